The smallest absolute Gasteiger partial charge is 0.317 e. The van der Waals surface area contributed by atoms with Crippen LogP contribution in [-0.2, 0) is 6.18 Å². The lowest BCUT2D eigenvalue weighted by Crippen LogP contribution is -2.08. The molecule has 0 saturated heterocycles. The molecule has 0 aliphatic heterocycles. The Kier molecular flexibility index (Phi) is 3.51. The second-order valence-electron chi connectivity index (χ2n) is 2.62. The van der Waals surface area contributed by atoms with E-state index in [0.29, 0.717) is 0 Å². The summed E-state index contributed by atoms with van der Waals surface area (Å²) in [5, 5.41) is 0.949. The number of nitrogens with one attached hydrogen (secondary N) is 1. The van der Waals surface area contributed by atoms with Gasteiger partial charge in [0, 0.05) is 5.69 Å². The first-order chi connectivity index (χ1) is 6.80. The van der Waals surface area contributed by atoms with Gasteiger partial charge in [-0.15, -0.1) is 0 Å². The largest absolute Gasteiger partial charge is 0.417 e. The average Bonchev–Trinajstić information content (AvgIpc) is 2.05. The van der Waals surface area contributed by atoms with Gasteiger partial charge in [-0.25, -0.2) is 0 Å². The highest BCUT2D eigenvalue weighted by Crippen LogP contribution is 2.36. The van der Waals surface area contributed by atoms with Crippen molar-refractivity contribution < 1.29 is 18.0 Å². The Bertz CT molecular complexity index is 394. The number of benzene rings is 1. The molecular formula is C8H5ClF3NOS. The first-order valence-electron chi connectivity index (χ1n) is 3.67. The molecule has 0 unspecified atom stereocenters. The lowest BCUT2D eigenvalue weighted by atomic mass is 10.2. The van der Waals surface area contributed by atoms with Gasteiger partial charge in [0.1, 0.15) is 0 Å². The van der Waals surface area contributed by atoms with Crippen LogP contribution < -0.4 is 5.32 Å². The normalized spacial score (nSPS) is 11.3. The van der Waals surface area contributed by atoms with E-state index < -0.39 is 22.0 Å². The second-order valence-corrected chi connectivity index (χ2v) is 3.44. The third kappa shape index (κ3) is 3.32. The Morgan fingerprint density at radius 1 is 1.40 bits per heavy atom. The number of halogens is 4. The van der Waals surface area contributed by atoms with Crippen molar-refractivity contribution in [3.63, 3.8) is 0 Å². The number of rotatable bonds is 1. The maximum absolute atomic E-state index is 12.3. The Hall–Kier alpha value is -0.880. The van der Waals surface area contributed by atoms with E-state index >= 15 is 0 Å². The van der Waals surface area contributed by atoms with Gasteiger partial charge in [-0.05, 0) is 18.2 Å². The Morgan fingerprint density at radius 2 is 2.00 bits per heavy atom. The van der Waals surface area contributed by atoms with Crippen LogP contribution in [0.15, 0.2) is 18.2 Å². The third-order valence-corrected chi connectivity index (χ3v) is 1.96. The van der Waals surface area contributed by atoms with Gasteiger partial charge in [0.2, 0.25) is 0 Å². The summed E-state index contributed by atoms with van der Waals surface area (Å²) in [7, 11) is 0. The monoisotopic (exact) mass is 255 g/mol. The van der Waals surface area contributed by atoms with E-state index in [1.165, 1.54) is 6.07 Å². The van der Waals surface area contributed by atoms with E-state index in [2.05, 4.69) is 17.9 Å². The summed E-state index contributed by atoms with van der Waals surface area (Å²) < 4.78 is 37.0. The molecule has 1 rings (SSSR count). The number of anilines is 1. The van der Waals surface area contributed by atoms with E-state index in [4.69, 9.17) is 11.6 Å². The minimum absolute atomic E-state index is 0.00766. The molecule has 1 aromatic carbocycles. The molecule has 1 aromatic rings. The fourth-order valence-corrected chi connectivity index (χ4v) is 1.30. The standard InChI is InChI=1S/C8H5ClF3NOS/c9-6-2-1-4(13-7(14)15)3-5(6)8(10,11)12/h1-3H,(H2,13,14,15). The minimum Gasteiger partial charge on any atom is -0.317 e. The lowest BCUT2D eigenvalue weighted by molar-refractivity contribution is -0.137. The molecule has 0 aliphatic rings. The summed E-state index contributed by atoms with van der Waals surface area (Å²) >= 11 is 8.74. The van der Waals surface area contributed by atoms with E-state index in [1.54, 1.807) is 0 Å². The molecule has 0 atom stereocenters. The summed E-state index contributed by atoms with van der Waals surface area (Å²) in [6, 6.07) is 3.06. The number of carbonyl (C=O) groups excluding carboxylic acids is 1. The van der Waals surface area contributed by atoms with Gasteiger partial charge >= 0.3 is 6.18 Å². The van der Waals surface area contributed by atoms with Crippen LogP contribution in [0.5, 0.6) is 0 Å². The zero-order valence-corrected chi connectivity index (χ0v) is 8.75. The highest BCUT2D eigenvalue weighted by Gasteiger charge is 2.33. The number of carbonyl (C=O) groups is 1. The summed E-state index contributed by atoms with van der Waals surface area (Å²) in [5.74, 6) is 0. The molecule has 0 heterocycles. The molecule has 0 radical (unpaired) electrons. The summed E-state index contributed by atoms with van der Waals surface area (Å²) in [5.41, 5.74) is -1.00. The van der Waals surface area contributed by atoms with Crippen molar-refractivity contribution in [3.05, 3.63) is 28.8 Å². The molecule has 82 valence electrons. The van der Waals surface area contributed by atoms with Crippen molar-refractivity contribution in [2.75, 3.05) is 5.32 Å². The van der Waals surface area contributed by atoms with Crippen LogP contribution >= 0.6 is 24.2 Å². The van der Waals surface area contributed by atoms with Gasteiger partial charge in [0.05, 0.1) is 10.6 Å². The number of hydrogen-bond acceptors (Lipinski definition) is 1. The Labute approximate surface area is 93.8 Å². The van der Waals surface area contributed by atoms with Crippen molar-refractivity contribution in [3.8, 4) is 0 Å². The molecule has 7 heteroatoms. The number of thiol groups is 1. The molecule has 0 saturated carbocycles. The zero-order chi connectivity index (χ0) is 11.6. The number of amides is 1. The summed E-state index contributed by atoms with van der Waals surface area (Å²) in [6.07, 6.45) is -4.55. The summed E-state index contributed by atoms with van der Waals surface area (Å²) in [6.45, 7) is 0. The molecule has 1 N–H and O–H groups in total. The second kappa shape index (κ2) is 4.32. The van der Waals surface area contributed by atoms with Crippen LogP contribution in [0.4, 0.5) is 23.7 Å². The molecule has 0 aliphatic carbocycles. The van der Waals surface area contributed by atoms with Crippen LogP contribution in [0.25, 0.3) is 0 Å². The first-order valence-corrected chi connectivity index (χ1v) is 4.50. The molecule has 2 nitrogen and oxygen atoms in total. The summed E-state index contributed by atoms with van der Waals surface area (Å²) in [4.78, 5) is 10.5. The average molecular weight is 256 g/mol. The van der Waals surface area contributed by atoms with Crippen LogP contribution in [0.2, 0.25) is 5.02 Å². The third-order valence-electron chi connectivity index (χ3n) is 1.52. The lowest BCUT2D eigenvalue weighted by Gasteiger charge is -2.10. The van der Waals surface area contributed by atoms with Crippen molar-refractivity contribution in [2.24, 2.45) is 0 Å². The molecule has 15 heavy (non-hydrogen) atoms. The van der Waals surface area contributed by atoms with Crippen molar-refractivity contribution >= 4 is 35.2 Å². The van der Waals surface area contributed by atoms with Gasteiger partial charge < -0.3 is 5.32 Å². The van der Waals surface area contributed by atoms with E-state index in [-0.39, 0.29) is 5.69 Å². The highest BCUT2D eigenvalue weighted by atomic mass is 35.5. The van der Waals surface area contributed by atoms with Crippen molar-refractivity contribution in [1.82, 2.24) is 0 Å². The molecular weight excluding hydrogens is 251 g/mol. The Balaban J connectivity index is 3.11. The maximum Gasteiger partial charge on any atom is 0.417 e. The molecule has 0 bridgehead atoms. The number of alkyl halides is 3. The quantitative estimate of drug-likeness (QED) is 0.734. The molecule has 0 aromatic heterocycles. The van der Waals surface area contributed by atoms with Crippen LogP contribution in [0.1, 0.15) is 5.56 Å². The van der Waals surface area contributed by atoms with Gasteiger partial charge in [0.15, 0.2) is 0 Å². The van der Waals surface area contributed by atoms with E-state index in [9.17, 15) is 18.0 Å². The van der Waals surface area contributed by atoms with E-state index in [1.807, 2.05) is 0 Å². The molecule has 1 amide bonds. The van der Waals surface area contributed by atoms with Gasteiger partial charge in [-0.3, -0.25) is 4.79 Å². The predicted molar refractivity (Wildman–Crippen MR) is 54.5 cm³/mol. The van der Waals surface area contributed by atoms with Gasteiger partial charge in [0.25, 0.3) is 5.24 Å². The van der Waals surface area contributed by atoms with E-state index in [0.717, 1.165) is 12.1 Å². The zero-order valence-electron chi connectivity index (χ0n) is 7.10. The fraction of sp³-hybridized carbons (Fsp3) is 0.125. The topological polar surface area (TPSA) is 29.1 Å². The van der Waals surface area contributed by atoms with Crippen LogP contribution in [-0.4, -0.2) is 5.24 Å². The Morgan fingerprint density at radius 3 is 2.47 bits per heavy atom. The van der Waals surface area contributed by atoms with Gasteiger partial charge in [-0.2, -0.15) is 13.2 Å². The number of hydrogen-bond donors (Lipinski definition) is 2. The van der Waals surface area contributed by atoms with Crippen molar-refractivity contribution in [1.29, 1.82) is 0 Å². The maximum atomic E-state index is 12.3. The van der Waals surface area contributed by atoms with Crippen LogP contribution in [0.3, 0.4) is 0 Å². The minimum atomic E-state index is -4.55. The predicted octanol–water partition coefficient (Wildman–Crippen LogP) is 3.82. The van der Waals surface area contributed by atoms with Crippen molar-refractivity contribution in [2.45, 2.75) is 6.18 Å². The molecule has 0 spiro atoms. The molecule has 0 fully saturated rings. The van der Waals surface area contributed by atoms with Gasteiger partial charge in [-0.1, -0.05) is 24.2 Å². The fourth-order valence-electron chi connectivity index (χ4n) is 0.944. The highest BCUT2D eigenvalue weighted by molar-refractivity contribution is 7.96. The van der Waals surface area contributed by atoms with Crippen LogP contribution in [0, 0.1) is 0 Å². The SMILES string of the molecule is O=C(S)Nc1ccc(Cl)c(C(F)(F)F)c1. The first kappa shape index (κ1) is 12.2.